The number of aromatic nitrogens is 3. The number of anilines is 1. The Morgan fingerprint density at radius 1 is 1.08 bits per heavy atom. The molecule has 10 nitrogen and oxygen atoms in total. The zero-order valence-corrected chi connectivity index (χ0v) is 20.9. The number of H-pyrrole nitrogens is 1. The fraction of sp³-hybridized carbons (Fsp3) is 0.160. The lowest BCUT2D eigenvalue weighted by Crippen LogP contribution is -2.29. The normalized spacial score (nSPS) is 10.8. The summed E-state index contributed by atoms with van der Waals surface area (Å²) < 4.78 is 32.3. The SMILES string of the molecule is Cc1nc(C(=O)N(C)Cc2ccccc2)c(CNC(=O)c2cc(NC(=O)c3cc(F)c(F)cc3Cl)n[nH]2)o1. The first-order valence-corrected chi connectivity index (χ1v) is 11.6. The molecule has 4 rings (SSSR count). The van der Waals surface area contributed by atoms with Crippen LogP contribution >= 0.6 is 11.6 Å². The van der Waals surface area contributed by atoms with Crippen LogP contribution in [0.3, 0.4) is 0 Å². The summed E-state index contributed by atoms with van der Waals surface area (Å²) in [4.78, 5) is 43.6. The zero-order chi connectivity index (χ0) is 27.4. The number of rotatable bonds is 8. The number of aryl methyl sites for hydroxylation is 1. The summed E-state index contributed by atoms with van der Waals surface area (Å²) >= 11 is 5.81. The van der Waals surface area contributed by atoms with Crippen LogP contribution in [-0.2, 0) is 13.1 Å². The molecule has 0 spiro atoms. The molecule has 38 heavy (non-hydrogen) atoms. The minimum Gasteiger partial charge on any atom is -0.443 e. The molecule has 4 aromatic rings. The van der Waals surface area contributed by atoms with Gasteiger partial charge in [-0.25, -0.2) is 13.8 Å². The molecule has 0 aliphatic rings. The van der Waals surface area contributed by atoms with Crippen molar-refractivity contribution in [2.45, 2.75) is 20.0 Å². The van der Waals surface area contributed by atoms with Crippen LogP contribution < -0.4 is 10.6 Å². The maximum absolute atomic E-state index is 13.5. The molecule has 0 saturated carbocycles. The van der Waals surface area contributed by atoms with Gasteiger partial charge in [-0.05, 0) is 17.7 Å². The molecule has 0 radical (unpaired) electrons. The number of hydrogen-bond acceptors (Lipinski definition) is 6. The monoisotopic (exact) mass is 542 g/mol. The molecule has 2 aromatic heterocycles. The molecular weight excluding hydrogens is 522 g/mol. The number of nitrogens with one attached hydrogen (secondary N) is 3. The van der Waals surface area contributed by atoms with Crippen molar-refractivity contribution in [3.8, 4) is 0 Å². The predicted molar refractivity (Wildman–Crippen MR) is 133 cm³/mol. The number of benzene rings is 2. The lowest BCUT2D eigenvalue weighted by Gasteiger charge is -2.16. The third-order valence-electron chi connectivity index (χ3n) is 5.34. The summed E-state index contributed by atoms with van der Waals surface area (Å²) in [5.41, 5.74) is 0.672. The van der Waals surface area contributed by atoms with E-state index in [1.807, 2.05) is 30.3 Å². The van der Waals surface area contributed by atoms with Crippen LogP contribution in [0.25, 0.3) is 0 Å². The van der Waals surface area contributed by atoms with Gasteiger partial charge in [-0.15, -0.1) is 0 Å². The highest BCUT2D eigenvalue weighted by molar-refractivity contribution is 6.34. The summed E-state index contributed by atoms with van der Waals surface area (Å²) in [6, 6.07) is 12.0. The average Bonchev–Trinajstić information content (AvgIpc) is 3.51. The maximum Gasteiger partial charge on any atom is 0.276 e. The van der Waals surface area contributed by atoms with Crippen LogP contribution in [0.1, 0.15) is 48.5 Å². The molecule has 0 aliphatic heterocycles. The Kier molecular flexibility index (Phi) is 7.82. The van der Waals surface area contributed by atoms with E-state index in [4.69, 9.17) is 16.0 Å². The van der Waals surface area contributed by atoms with Crippen molar-refractivity contribution >= 4 is 35.1 Å². The van der Waals surface area contributed by atoms with Gasteiger partial charge in [0.15, 0.2) is 34.8 Å². The van der Waals surface area contributed by atoms with Gasteiger partial charge < -0.3 is 20.0 Å². The molecule has 196 valence electrons. The van der Waals surface area contributed by atoms with Crippen molar-refractivity contribution in [1.82, 2.24) is 25.4 Å². The van der Waals surface area contributed by atoms with Gasteiger partial charge in [-0.2, -0.15) is 5.10 Å². The molecule has 0 saturated heterocycles. The van der Waals surface area contributed by atoms with Crippen LogP contribution in [0, 0.1) is 18.6 Å². The molecule has 0 unspecified atom stereocenters. The number of hydrogen-bond donors (Lipinski definition) is 3. The first kappa shape index (κ1) is 26.5. The minimum absolute atomic E-state index is 0.0259. The zero-order valence-electron chi connectivity index (χ0n) is 20.1. The van der Waals surface area contributed by atoms with Gasteiger partial charge in [0.2, 0.25) is 0 Å². The van der Waals surface area contributed by atoms with Crippen molar-refractivity contribution in [1.29, 1.82) is 0 Å². The van der Waals surface area contributed by atoms with Gasteiger partial charge in [0.25, 0.3) is 17.7 Å². The molecule has 0 atom stereocenters. The largest absolute Gasteiger partial charge is 0.443 e. The summed E-state index contributed by atoms with van der Waals surface area (Å²) in [5, 5.41) is 10.9. The van der Waals surface area contributed by atoms with E-state index in [1.54, 1.807) is 14.0 Å². The Morgan fingerprint density at radius 2 is 1.79 bits per heavy atom. The first-order valence-electron chi connectivity index (χ1n) is 11.2. The number of halogens is 3. The van der Waals surface area contributed by atoms with Gasteiger partial charge in [0.1, 0.15) is 5.69 Å². The second-order valence-electron chi connectivity index (χ2n) is 8.20. The molecule has 2 aromatic carbocycles. The summed E-state index contributed by atoms with van der Waals surface area (Å²) in [5.74, 6) is -3.92. The maximum atomic E-state index is 13.5. The molecule has 0 bridgehead atoms. The highest BCUT2D eigenvalue weighted by Crippen LogP contribution is 2.21. The summed E-state index contributed by atoms with van der Waals surface area (Å²) in [6.07, 6.45) is 0. The topological polar surface area (TPSA) is 133 Å². The standard InChI is InChI=1S/C25H21ClF2N6O4/c1-13-30-22(25(37)34(2)12-14-6-4-3-5-7-14)20(38-13)11-29-24(36)19-10-21(33-32-19)31-23(35)15-8-17(27)18(28)9-16(15)26/h3-10H,11-12H2,1-2H3,(H,29,36)(H2,31,32,33,35). The molecule has 3 N–H and O–H groups in total. The highest BCUT2D eigenvalue weighted by Gasteiger charge is 2.23. The van der Waals surface area contributed by atoms with Gasteiger partial charge in [0.05, 0.1) is 17.1 Å². The number of amides is 3. The Balaban J connectivity index is 1.39. The van der Waals surface area contributed by atoms with Gasteiger partial charge in [-0.3, -0.25) is 19.5 Å². The Labute approximate surface area is 220 Å². The van der Waals surface area contributed by atoms with E-state index >= 15 is 0 Å². The third-order valence-corrected chi connectivity index (χ3v) is 5.66. The second kappa shape index (κ2) is 11.2. The van der Waals surface area contributed by atoms with Crippen LogP contribution in [0.5, 0.6) is 0 Å². The van der Waals surface area contributed by atoms with E-state index in [-0.39, 0.29) is 51.9 Å². The second-order valence-corrected chi connectivity index (χ2v) is 8.61. The Hall–Kier alpha value is -4.58. The van der Waals surface area contributed by atoms with Gasteiger partial charge in [0, 0.05) is 26.6 Å². The predicted octanol–water partition coefficient (Wildman–Crippen LogP) is 4.09. The fourth-order valence-electron chi connectivity index (χ4n) is 3.50. The van der Waals surface area contributed by atoms with Crippen molar-refractivity contribution in [2.75, 3.05) is 12.4 Å². The fourth-order valence-corrected chi connectivity index (χ4v) is 3.74. The number of carbonyl (C=O) groups is 3. The molecule has 3 amide bonds. The van der Waals surface area contributed by atoms with E-state index in [0.29, 0.717) is 18.7 Å². The van der Waals surface area contributed by atoms with Crippen LogP contribution in [0.4, 0.5) is 14.6 Å². The highest BCUT2D eigenvalue weighted by atomic mass is 35.5. The molecule has 2 heterocycles. The van der Waals surface area contributed by atoms with E-state index in [1.165, 1.54) is 11.0 Å². The van der Waals surface area contributed by atoms with Crippen molar-refractivity contribution < 1.29 is 27.6 Å². The minimum atomic E-state index is -1.24. The van der Waals surface area contributed by atoms with Crippen molar-refractivity contribution in [3.63, 3.8) is 0 Å². The number of oxazole rings is 1. The molecular formula is C25H21ClF2N6O4. The number of aromatic amines is 1. The van der Waals surface area contributed by atoms with E-state index in [9.17, 15) is 23.2 Å². The number of nitrogens with zero attached hydrogens (tertiary/aromatic N) is 3. The van der Waals surface area contributed by atoms with Crippen molar-refractivity contribution in [3.05, 3.63) is 99.4 Å². The Bertz CT molecular complexity index is 1510. The lowest BCUT2D eigenvalue weighted by molar-refractivity contribution is 0.0775. The van der Waals surface area contributed by atoms with E-state index < -0.39 is 23.4 Å². The van der Waals surface area contributed by atoms with Gasteiger partial charge >= 0.3 is 0 Å². The quantitative estimate of drug-likeness (QED) is 0.287. The van der Waals surface area contributed by atoms with E-state index in [0.717, 1.165) is 5.56 Å². The van der Waals surface area contributed by atoms with Crippen LogP contribution in [0.2, 0.25) is 5.02 Å². The summed E-state index contributed by atoms with van der Waals surface area (Å²) in [7, 11) is 1.63. The average molecular weight is 543 g/mol. The van der Waals surface area contributed by atoms with Crippen molar-refractivity contribution in [2.24, 2.45) is 0 Å². The van der Waals surface area contributed by atoms with Crippen LogP contribution in [0.15, 0.2) is 52.9 Å². The van der Waals surface area contributed by atoms with Gasteiger partial charge in [-0.1, -0.05) is 41.9 Å². The smallest absolute Gasteiger partial charge is 0.276 e. The first-order chi connectivity index (χ1) is 18.1. The summed E-state index contributed by atoms with van der Waals surface area (Å²) in [6.45, 7) is 1.79. The number of carbonyl (C=O) groups excluding carboxylic acids is 3. The molecule has 0 aliphatic carbocycles. The molecule has 13 heteroatoms. The van der Waals surface area contributed by atoms with E-state index in [2.05, 4.69) is 25.8 Å². The molecule has 0 fully saturated rings. The third kappa shape index (κ3) is 6.03. The van der Waals surface area contributed by atoms with Crippen LogP contribution in [-0.4, -0.2) is 44.9 Å². The lowest BCUT2D eigenvalue weighted by atomic mass is 10.2. The Morgan fingerprint density at radius 3 is 2.53 bits per heavy atom.